The molecule has 0 fully saturated rings. The zero-order valence-corrected chi connectivity index (χ0v) is 13.1. The summed E-state index contributed by atoms with van der Waals surface area (Å²) >= 11 is 10.8. The van der Waals surface area contributed by atoms with E-state index < -0.39 is 0 Å². The monoisotopic (exact) mass is 344 g/mol. The summed E-state index contributed by atoms with van der Waals surface area (Å²) < 4.78 is 1.84. The minimum atomic E-state index is 0.348. The van der Waals surface area contributed by atoms with Gasteiger partial charge in [-0.2, -0.15) is 0 Å². The molecule has 2 nitrogen and oxygen atoms in total. The predicted molar refractivity (Wildman–Crippen MR) is 81.1 cm³/mol. The Labute approximate surface area is 125 Å². The molecule has 2 rings (SSSR count). The van der Waals surface area contributed by atoms with Gasteiger partial charge >= 0.3 is 0 Å². The first kappa shape index (κ1) is 14.0. The number of rotatable bonds is 5. The molecule has 0 bridgehead atoms. The molecule has 5 heteroatoms. The number of thiazole rings is 1. The van der Waals surface area contributed by atoms with E-state index in [1.165, 1.54) is 16.9 Å². The van der Waals surface area contributed by atoms with Gasteiger partial charge in [-0.15, -0.1) is 11.3 Å². The van der Waals surface area contributed by atoms with Crippen LogP contribution in [0.4, 0.5) is 0 Å². The van der Waals surface area contributed by atoms with Crippen LogP contribution >= 0.6 is 38.9 Å². The summed E-state index contributed by atoms with van der Waals surface area (Å²) in [5.41, 5.74) is 1.29. The van der Waals surface area contributed by atoms with E-state index in [-0.39, 0.29) is 0 Å². The molecule has 0 spiro atoms. The van der Waals surface area contributed by atoms with Gasteiger partial charge in [0.15, 0.2) is 0 Å². The standard InChI is InChI=1S/C13H14BrClN2S/c1-2-11(9-3-5-10(14)6-4-9)16-8-13-17-7-12(15)18-13/h3-7,11,16H,2,8H2,1H3. The number of nitrogens with one attached hydrogen (secondary N) is 1. The molecule has 96 valence electrons. The zero-order valence-electron chi connectivity index (χ0n) is 9.99. The van der Waals surface area contributed by atoms with Crippen LogP contribution in [0.25, 0.3) is 0 Å². The SMILES string of the molecule is CCC(NCc1ncc(Cl)s1)c1ccc(Br)cc1. The maximum absolute atomic E-state index is 5.87. The first-order valence-corrected chi connectivity index (χ1v) is 7.77. The van der Waals surface area contributed by atoms with Gasteiger partial charge in [-0.25, -0.2) is 4.98 Å². The van der Waals surface area contributed by atoms with Crippen LogP contribution in [0.3, 0.4) is 0 Å². The van der Waals surface area contributed by atoms with Crippen molar-refractivity contribution in [1.29, 1.82) is 0 Å². The fourth-order valence-electron chi connectivity index (χ4n) is 1.77. The lowest BCUT2D eigenvalue weighted by molar-refractivity contribution is 0.518. The van der Waals surface area contributed by atoms with Crippen molar-refractivity contribution in [2.24, 2.45) is 0 Å². The second kappa shape index (κ2) is 6.66. The molecule has 1 atom stereocenters. The number of hydrogen-bond acceptors (Lipinski definition) is 3. The van der Waals surface area contributed by atoms with Gasteiger partial charge in [-0.1, -0.05) is 46.6 Å². The average molecular weight is 346 g/mol. The Morgan fingerprint density at radius 3 is 2.67 bits per heavy atom. The highest BCUT2D eigenvalue weighted by Gasteiger charge is 2.09. The quantitative estimate of drug-likeness (QED) is 0.842. The van der Waals surface area contributed by atoms with E-state index in [1.54, 1.807) is 6.20 Å². The largest absolute Gasteiger partial charge is 0.304 e. The summed E-state index contributed by atoms with van der Waals surface area (Å²) in [6, 6.07) is 8.76. The smallest absolute Gasteiger partial charge is 0.113 e. The topological polar surface area (TPSA) is 24.9 Å². The van der Waals surface area contributed by atoms with Crippen LogP contribution in [-0.2, 0) is 6.54 Å². The zero-order chi connectivity index (χ0) is 13.0. The lowest BCUT2D eigenvalue weighted by Crippen LogP contribution is -2.20. The molecule has 1 aromatic heterocycles. The number of hydrogen-bond donors (Lipinski definition) is 1. The molecule has 2 aromatic rings. The Bertz CT molecular complexity index is 498. The average Bonchev–Trinajstić information content (AvgIpc) is 2.78. The van der Waals surface area contributed by atoms with Gasteiger partial charge in [0.05, 0.1) is 6.20 Å². The molecule has 0 radical (unpaired) electrons. The maximum Gasteiger partial charge on any atom is 0.113 e. The minimum Gasteiger partial charge on any atom is -0.304 e. The highest BCUT2D eigenvalue weighted by atomic mass is 79.9. The first-order chi connectivity index (χ1) is 8.69. The van der Waals surface area contributed by atoms with Gasteiger partial charge in [0.25, 0.3) is 0 Å². The molecular formula is C13H14BrClN2S. The lowest BCUT2D eigenvalue weighted by atomic mass is 10.1. The summed E-state index contributed by atoms with van der Waals surface area (Å²) in [7, 11) is 0. The van der Waals surface area contributed by atoms with Crippen LogP contribution in [0.15, 0.2) is 34.9 Å². The summed E-state index contributed by atoms with van der Waals surface area (Å²) in [4.78, 5) is 4.25. The second-order valence-corrected chi connectivity index (χ2v) is 6.61. The first-order valence-electron chi connectivity index (χ1n) is 5.78. The Kier molecular flexibility index (Phi) is 5.18. The van der Waals surface area contributed by atoms with Gasteiger partial charge in [0.1, 0.15) is 9.34 Å². The van der Waals surface area contributed by atoms with Crippen LogP contribution in [-0.4, -0.2) is 4.98 Å². The van der Waals surface area contributed by atoms with Gasteiger partial charge in [-0.05, 0) is 24.1 Å². The van der Waals surface area contributed by atoms with Crippen molar-refractivity contribution >= 4 is 38.9 Å². The Balaban J connectivity index is 1.99. The van der Waals surface area contributed by atoms with Crippen LogP contribution in [0.2, 0.25) is 4.34 Å². The van der Waals surface area contributed by atoms with E-state index >= 15 is 0 Å². The normalized spacial score (nSPS) is 12.6. The molecule has 0 saturated carbocycles. The Morgan fingerprint density at radius 2 is 2.11 bits per heavy atom. The van der Waals surface area contributed by atoms with Crippen molar-refractivity contribution in [3.8, 4) is 0 Å². The Hall–Kier alpha value is -0.420. The van der Waals surface area contributed by atoms with Gasteiger partial charge in [0.2, 0.25) is 0 Å². The van der Waals surface area contributed by atoms with E-state index in [0.29, 0.717) is 6.04 Å². The third-order valence-corrected chi connectivity index (χ3v) is 4.35. The third kappa shape index (κ3) is 3.79. The van der Waals surface area contributed by atoms with Crippen molar-refractivity contribution in [2.75, 3.05) is 0 Å². The number of nitrogens with zero attached hydrogens (tertiary/aromatic N) is 1. The fraction of sp³-hybridized carbons (Fsp3) is 0.308. The van der Waals surface area contributed by atoms with E-state index in [9.17, 15) is 0 Å². The molecule has 0 saturated heterocycles. The minimum absolute atomic E-state index is 0.348. The molecule has 0 aliphatic rings. The van der Waals surface area contributed by atoms with Gasteiger partial charge < -0.3 is 5.32 Å². The highest BCUT2D eigenvalue weighted by molar-refractivity contribution is 9.10. The van der Waals surface area contributed by atoms with Crippen molar-refractivity contribution in [3.05, 3.63) is 49.8 Å². The van der Waals surface area contributed by atoms with Crippen LogP contribution < -0.4 is 5.32 Å². The summed E-state index contributed by atoms with van der Waals surface area (Å²) in [5, 5.41) is 4.53. The van der Waals surface area contributed by atoms with Gasteiger partial charge in [-0.3, -0.25) is 0 Å². The van der Waals surface area contributed by atoms with E-state index in [4.69, 9.17) is 11.6 Å². The van der Waals surface area contributed by atoms with Gasteiger partial charge in [0, 0.05) is 17.1 Å². The number of halogens is 2. The summed E-state index contributed by atoms with van der Waals surface area (Å²) in [6.07, 6.45) is 2.74. The predicted octanol–water partition coefficient (Wildman–Crippen LogP) is 4.80. The van der Waals surface area contributed by atoms with Crippen LogP contribution in [0.5, 0.6) is 0 Å². The molecule has 0 aliphatic heterocycles. The summed E-state index contributed by atoms with van der Waals surface area (Å²) in [6.45, 7) is 2.93. The second-order valence-electron chi connectivity index (χ2n) is 3.95. The van der Waals surface area contributed by atoms with Crippen LogP contribution in [0, 0.1) is 0 Å². The Morgan fingerprint density at radius 1 is 1.39 bits per heavy atom. The molecule has 1 N–H and O–H groups in total. The van der Waals surface area contributed by atoms with Crippen LogP contribution in [0.1, 0.15) is 30.0 Å². The fourth-order valence-corrected chi connectivity index (χ4v) is 2.94. The summed E-state index contributed by atoms with van der Waals surface area (Å²) in [5.74, 6) is 0. The number of benzene rings is 1. The molecule has 1 unspecified atom stereocenters. The van der Waals surface area contributed by atoms with E-state index in [0.717, 1.165) is 26.8 Å². The molecular weight excluding hydrogens is 332 g/mol. The third-order valence-electron chi connectivity index (χ3n) is 2.71. The van der Waals surface area contributed by atoms with Crippen molar-refractivity contribution < 1.29 is 0 Å². The van der Waals surface area contributed by atoms with E-state index in [2.05, 4.69) is 57.4 Å². The van der Waals surface area contributed by atoms with E-state index in [1.807, 2.05) is 0 Å². The van der Waals surface area contributed by atoms with Crippen molar-refractivity contribution in [1.82, 2.24) is 10.3 Å². The van der Waals surface area contributed by atoms with Crippen molar-refractivity contribution in [3.63, 3.8) is 0 Å². The van der Waals surface area contributed by atoms with Crippen molar-refractivity contribution in [2.45, 2.75) is 25.9 Å². The molecule has 1 heterocycles. The molecule has 1 aromatic carbocycles. The molecule has 18 heavy (non-hydrogen) atoms. The number of aromatic nitrogens is 1. The molecule has 0 amide bonds. The maximum atomic E-state index is 5.87. The lowest BCUT2D eigenvalue weighted by Gasteiger charge is -2.16. The highest BCUT2D eigenvalue weighted by Crippen LogP contribution is 2.22. The molecule has 0 aliphatic carbocycles.